The molecule has 0 aromatic heterocycles. The second-order valence-corrected chi connectivity index (χ2v) is 3.28. The molecule has 0 saturated heterocycles. The van der Waals surface area contributed by atoms with Gasteiger partial charge in [0, 0.05) is 21.7 Å². The molecule has 70 valence electrons. The van der Waals surface area contributed by atoms with Gasteiger partial charge in [0.1, 0.15) is 17.4 Å². The molecule has 0 aliphatic carbocycles. The van der Waals surface area contributed by atoms with Crippen LogP contribution in [0.25, 0.3) is 0 Å². The average Bonchev–Trinajstić information content (AvgIpc) is 2.16. The zero-order valence-electron chi connectivity index (χ0n) is 7.46. The first-order valence-electron chi connectivity index (χ1n) is 4.39. The Morgan fingerprint density at radius 1 is 1.50 bits per heavy atom. The first-order chi connectivity index (χ1) is 6.72. The van der Waals surface area contributed by atoms with Crippen molar-refractivity contribution >= 4 is 5.69 Å². The maximum atomic E-state index is 13.0. The highest BCUT2D eigenvalue weighted by Gasteiger charge is 2.28. The number of hydrogen-bond acceptors (Lipinski definition) is 2. The van der Waals surface area contributed by atoms with Gasteiger partial charge in [-0.1, -0.05) is 0 Å². The first kappa shape index (κ1) is 8.82. The Labute approximate surface area is 80.3 Å². The molecule has 1 heterocycles. The molecule has 0 spiro atoms. The summed E-state index contributed by atoms with van der Waals surface area (Å²) in [6, 6.07) is 4.28. The van der Waals surface area contributed by atoms with E-state index < -0.39 is 5.82 Å². The fraction of sp³-hybridized carbons (Fsp3) is 0.300. The fourth-order valence-corrected chi connectivity index (χ4v) is 1.75. The van der Waals surface area contributed by atoms with Crippen LogP contribution in [0.4, 0.5) is 10.1 Å². The lowest BCUT2D eigenvalue weighted by Crippen LogP contribution is -2.14. The summed E-state index contributed by atoms with van der Waals surface area (Å²) in [5.74, 6) is -0.449. The smallest absolute Gasteiger partial charge is 0.207 e. The van der Waals surface area contributed by atoms with E-state index >= 15 is 0 Å². The summed E-state index contributed by atoms with van der Waals surface area (Å²) in [5, 5.41) is 8.75. The van der Waals surface area contributed by atoms with Crippen LogP contribution < -0.4 is 0 Å². The van der Waals surface area contributed by atoms with Crippen LogP contribution in [0.2, 0.25) is 0 Å². The number of hydrogen-bond donors (Lipinski definition) is 0. The second-order valence-electron chi connectivity index (χ2n) is 3.28. The summed E-state index contributed by atoms with van der Waals surface area (Å²) >= 11 is 0. The van der Waals surface area contributed by atoms with E-state index in [2.05, 4.69) is 0 Å². The van der Waals surface area contributed by atoms with Gasteiger partial charge in [-0.3, -0.25) is 0 Å². The van der Waals surface area contributed by atoms with Gasteiger partial charge >= 0.3 is 0 Å². The molecule has 0 amide bonds. The average molecular weight is 191 g/mol. The lowest BCUT2D eigenvalue weighted by Gasteiger charge is -2.08. The molecule has 1 aliphatic rings. The van der Waals surface area contributed by atoms with Crippen LogP contribution in [-0.4, -0.2) is 11.3 Å². The van der Waals surface area contributed by atoms with Gasteiger partial charge in [0.25, 0.3) is 5.69 Å². The summed E-state index contributed by atoms with van der Waals surface area (Å²) in [7, 11) is 0. The van der Waals surface area contributed by atoms with E-state index in [1.165, 1.54) is 6.07 Å². The molecule has 14 heavy (non-hydrogen) atoms. The van der Waals surface area contributed by atoms with E-state index in [4.69, 9.17) is 5.26 Å². The summed E-state index contributed by atoms with van der Waals surface area (Å²) in [6.45, 7) is 0.382. The van der Waals surface area contributed by atoms with Gasteiger partial charge in [0.05, 0.1) is 0 Å². The van der Waals surface area contributed by atoms with E-state index in [1.54, 1.807) is 0 Å². The van der Waals surface area contributed by atoms with Gasteiger partial charge in [-0.25, -0.2) is 4.39 Å². The molecule has 3 nitrogen and oxygen atoms in total. The minimum atomic E-state index is -0.449. The molecule has 1 aliphatic heterocycles. The number of benzene rings is 1. The maximum absolute atomic E-state index is 13.0. The quantitative estimate of drug-likeness (QED) is 0.589. The van der Waals surface area contributed by atoms with Crippen molar-refractivity contribution in [3.05, 3.63) is 34.0 Å². The van der Waals surface area contributed by atoms with E-state index in [-0.39, 0.29) is 5.56 Å². The van der Waals surface area contributed by atoms with Crippen molar-refractivity contribution in [3.8, 4) is 6.07 Å². The zero-order chi connectivity index (χ0) is 10.1. The molecular weight excluding hydrogens is 183 g/mol. The summed E-state index contributed by atoms with van der Waals surface area (Å²) in [4.78, 5) is 11.4. The van der Waals surface area contributed by atoms with Crippen molar-refractivity contribution in [2.45, 2.75) is 12.8 Å². The molecule has 0 fully saturated rings. The standard InChI is InChI=1S/C10H8FN2O/c11-9-4-7-2-1-3-13(14)10(7)8(5-9)6-12/h4-5H,1-3H2/q+1. The Morgan fingerprint density at radius 2 is 2.29 bits per heavy atom. The second kappa shape index (κ2) is 3.18. The number of halogens is 1. The third-order valence-electron chi connectivity index (χ3n) is 2.33. The van der Waals surface area contributed by atoms with Gasteiger partial charge in [-0.2, -0.15) is 5.26 Å². The maximum Gasteiger partial charge on any atom is 0.276 e. The third kappa shape index (κ3) is 1.27. The van der Waals surface area contributed by atoms with Gasteiger partial charge in [0.2, 0.25) is 0 Å². The molecule has 1 aromatic carbocycles. The Kier molecular flexibility index (Phi) is 2.01. The first-order valence-corrected chi connectivity index (χ1v) is 4.39. The van der Waals surface area contributed by atoms with E-state index in [0.29, 0.717) is 30.6 Å². The van der Waals surface area contributed by atoms with E-state index in [0.717, 1.165) is 10.8 Å². The number of nitriles is 1. The summed E-state index contributed by atoms with van der Waals surface area (Å²) in [5.41, 5.74) is 1.12. The zero-order valence-corrected chi connectivity index (χ0v) is 7.46. The number of rotatable bonds is 0. The third-order valence-corrected chi connectivity index (χ3v) is 2.33. The van der Waals surface area contributed by atoms with Gasteiger partial charge in [-0.05, 0) is 18.6 Å². The van der Waals surface area contributed by atoms with Crippen LogP contribution in [0.3, 0.4) is 0 Å². The van der Waals surface area contributed by atoms with Crippen molar-refractivity contribution in [1.82, 2.24) is 0 Å². The molecule has 0 bridgehead atoms. The number of fused-ring (bicyclic) bond motifs is 1. The largest absolute Gasteiger partial charge is 0.276 e. The van der Waals surface area contributed by atoms with Crippen molar-refractivity contribution in [3.63, 3.8) is 0 Å². The topological polar surface area (TPSA) is 43.9 Å². The van der Waals surface area contributed by atoms with Crippen molar-refractivity contribution in [2.75, 3.05) is 6.54 Å². The molecule has 0 radical (unpaired) electrons. The molecular formula is C10H8FN2O+. The molecule has 0 saturated carbocycles. The van der Waals surface area contributed by atoms with Crippen LogP contribution in [-0.2, 0) is 6.42 Å². The van der Waals surface area contributed by atoms with Gasteiger partial charge in [-0.15, -0.1) is 0 Å². The van der Waals surface area contributed by atoms with E-state index in [1.807, 2.05) is 6.07 Å². The number of aryl methyl sites for hydroxylation is 1. The van der Waals surface area contributed by atoms with Crippen molar-refractivity contribution in [2.24, 2.45) is 0 Å². The molecule has 0 N–H and O–H groups in total. The molecule has 1 aromatic rings. The highest BCUT2D eigenvalue weighted by atomic mass is 19.1. The SMILES string of the molecule is N#Cc1cc(F)cc2c1[N+](=O)CCC2. The van der Waals surface area contributed by atoms with Gasteiger partial charge in [0.15, 0.2) is 6.54 Å². The Hall–Kier alpha value is -1.76. The Morgan fingerprint density at radius 3 is 3.00 bits per heavy atom. The monoisotopic (exact) mass is 191 g/mol. The van der Waals surface area contributed by atoms with Gasteiger partial charge < -0.3 is 0 Å². The number of nitroso groups, excluding NO2 is 1. The highest BCUT2D eigenvalue weighted by Crippen LogP contribution is 2.29. The molecule has 4 heteroatoms. The van der Waals surface area contributed by atoms with Crippen LogP contribution in [0, 0.1) is 22.1 Å². The van der Waals surface area contributed by atoms with E-state index in [9.17, 15) is 9.30 Å². The Balaban J connectivity index is 2.69. The molecule has 0 unspecified atom stereocenters. The summed E-state index contributed by atoms with van der Waals surface area (Å²) in [6.07, 6.45) is 1.38. The van der Waals surface area contributed by atoms with Crippen LogP contribution in [0.5, 0.6) is 0 Å². The van der Waals surface area contributed by atoms with Crippen LogP contribution >= 0.6 is 0 Å². The lowest BCUT2D eigenvalue weighted by molar-refractivity contribution is -0.468. The fourth-order valence-electron chi connectivity index (χ4n) is 1.75. The molecule has 0 atom stereocenters. The normalized spacial score (nSPS) is 14.7. The Bertz CT molecular complexity index is 448. The van der Waals surface area contributed by atoms with Crippen molar-refractivity contribution < 1.29 is 9.15 Å². The van der Waals surface area contributed by atoms with Crippen LogP contribution in [0.1, 0.15) is 17.5 Å². The minimum Gasteiger partial charge on any atom is -0.207 e. The lowest BCUT2D eigenvalue weighted by atomic mass is 9.99. The molecule has 2 rings (SSSR count). The predicted molar refractivity (Wildman–Crippen MR) is 47.6 cm³/mol. The number of nitrogens with zero attached hydrogens (tertiary/aromatic N) is 2. The predicted octanol–water partition coefficient (Wildman–Crippen LogP) is 2.05. The minimum absolute atomic E-state index is 0.134. The summed E-state index contributed by atoms with van der Waals surface area (Å²) < 4.78 is 13.8. The highest BCUT2D eigenvalue weighted by molar-refractivity contribution is 5.54. The van der Waals surface area contributed by atoms with Crippen LogP contribution in [0.15, 0.2) is 12.1 Å². The van der Waals surface area contributed by atoms with Crippen molar-refractivity contribution in [1.29, 1.82) is 5.26 Å².